The average Bonchev–Trinajstić information content (AvgIpc) is 3.16. The lowest BCUT2D eigenvalue weighted by molar-refractivity contribution is -0.125. The van der Waals surface area contributed by atoms with Crippen molar-refractivity contribution < 1.29 is 14.3 Å². The van der Waals surface area contributed by atoms with Gasteiger partial charge in [0.05, 0.1) is 6.20 Å². The Bertz CT molecular complexity index is 847. The number of pyridine rings is 1. The van der Waals surface area contributed by atoms with Crippen LogP contribution in [0.5, 0.6) is 11.5 Å². The SMILES string of the molecule is O=C(Nc1ccc(-c2cn[nH]c2)cn1)C1COc2ccccc2O1. The summed E-state index contributed by atoms with van der Waals surface area (Å²) in [5, 5.41) is 9.38. The van der Waals surface area contributed by atoms with Crippen LogP contribution in [-0.2, 0) is 4.79 Å². The van der Waals surface area contributed by atoms with Gasteiger partial charge in [-0.3, -0.25) is 9.89 Å². The maximum atomic E-state index is 12.3. The summed E-state index contributed by atoms with van der Waals surface area (Å²) in [6, 6.07) is 10.9. The predicted molar refractivity (Wildman–Crippen MR) is 86.8 cm³/mol. The van der Waals surface area contributed by atoms with Gasteiger partial charge < -0.3 is 14.8 Å². The number of carbonyl (C=O) groups is 1. The number of anilines is 1. The molecule has 120 valence electrons. The number of nitrogens with zero attached hydrogens (tertiary/aromatic N) is 2. The van der Waals surface area contributed by atoms with Crippen molar-refractivity contribution in [1.82, 2.24) is 15.2 Å². The molecule has 1 aliphatic rings. The molecule has 24 heavy (non-hydrogen) atoms. The second-order valence-corrected chi connectivity index (χ2v) is 5.27. The van der Waals surface area contributed by atoms with Crippen LogP contribution in [0.15, 0.2) is 55.0 Å². The zero-order valence-electron chi connectivity index (χ0n) is 12.6. The van der Waals surface area contributed by atoms with E-state index in [1.165, 1.54) is 0 Å². The van der Waals surface area contributed by atoms with Gasteiger partial charge >= 0.3 is 0 Å². The van der Waals surface area contributed by atoms with Gasteiger partial charge in [0.1, 0.15) is 12.4 Å². The van der Waals surface area contributed by atoms with Crippen molar-refractivity contribution >= 4 is 11.7 Å². The van der Waals surface area contributed by atoms with Crippen LogP contribution in [0.1, 0.15) is 0 Å². The fourth-order valence-electron chi connectivity index (χ4n) is 2.40. The lowest BCUT2D eigenvalue weighted by atomic mass is 10.2. The molecule has 1 aliphatic heterocycles. The van der Waals surface area contributed by atoms with E-state index in [-0.39, 0.29) is 12.5 Å². The molecule has 0 fully saturated rings. The van der Waals surface area contributed by atoms with Crippen molar-refractivity contribution in [1.29, 1.82) is 0 Å². The molecule has 0 spiro atoms. The van der Waals surface area contributed by atoms with E-state index in [0.717, 1.165) is 11.1 Å². The number of carbonyl (C=O) groups excluding carboxylic acids is 1. The van der Waals surface area contributed by atoms with Crippen LogP contribution in [0.25, 0.3) is 11.1 Å². The van der Waals surface area contributed by atoms with E-state index in [1.807, 2.05) is 18.2 Å². The van der Waals surface area contributed by atoms with Gasteiger partial charge in [0.25, 0.3) is 5.91 Å². The molecule has 1 unspecified atom stereocenters. The van der Waals surface area contributed by atoms with E-state index in [0.29, 0.717) is 17.3 Å². The molecule has 2 aromatic heterocycles. The number of hydrogen-bond donors (Lipinski definition) is 2. The number of ether oxygens (including phenoxy) is 2. The third kappa shape index (κ3) is 2.79. The normalized spacial score (nSPS) is 15.8. The third-order valence-corrected chi connectivity index (χ3v) is 3.65. The summed E-state index contributed by atoms with van der Waals surface area (Å²) in [7, 11) is 0. The highest BCUT2D eigenvalue weighted by atomic mass is 16.6. The summed E-state index contributed by atoms with van der Waals surface area (Å²) in [4.78, 5) is 16.6. The van der Waals surface area contributed by atoms with Crippen LogP contribution in [-0.4, -0.2) is 33.8 Å². The molecule has 7 heteroatoms. The Balaban J connectivity index is 1.43. The summed E-state index contributed by atoms with van der Waals surface area (Å²) in [6.07, 6.45) is 4.45. The number of aromatic nitrogens is 3. The molecule has 1 aromatic carbocycles. The van der Waals surface area contributed by atoms with Crippen LogP contribution in [0.4, 0.5) is 5.82 Å². The zero-order chi connectivity index (χ0) is 16.4. The van der Waals surface area contributed by atoms with Gasteiger partial charge in [0.15, 0.2) is 11.5 Å². The molecule has 1 amide bonds. The number of H-pyrrole nitrogens is 1. The summed E-state index contributed by atoms with van der Waals surface area (Å²) in [5.41, 5.74) is 1.84. The summed E-state index contributed by atoms with van der Waals surface area (Å²) in [6.45, 7) is 0.163. The van der Waals surface area contributed by atoms with Gasteiger partial charge in [-0.15, -0.1) is 0 Å². The van der Waals surface area contributed by atoms with Crippen molar-refractivity contribution in [2.24, 2.45) is 0 Å². The third-order valence-electron chi connectivity index (χ3n) is 3.65. The van der Waals surface area contributed by atoms with Gasteiger partial charge in [-0.25, -0.2) is 4.98 Å². The Kier molecular flexibility index (Phi) is 3.59. The molecule has 0 bridgehead atoms. The number of nitrogens with one attached hydrogen (secondary N) is 2. The highest BCUT2D eigenvalue weighted by Crippen LogP contribution is 2.31. The van der Waals surface area contributed by atoms with Crippen LogP contribution < -0.4 is 14.8 Å². The Morgan fingerprint density at radius 3 is 2.75 bits per heavy atom. The van der Waals surface area contributed by atoms with Gasteiger partial charge in [-0.2, -0.15) is 5.10 Å². The van der Waals surface area contributed by atoms with E-state index >= 15 is 0 Å². The quantitative estimate of drug-likeness (QED) is 0.772. The van der Waals surface area contributed by atoms with Crippen LogP contribution >= 0.6 is 0 Å². The second-order valence-electron chi connectivity index (χ2n) is 5.27. The van der Waals surface area contributed by atoms with Gasteiger partial charge in [0, 0.05) is 23.5 Å². The minimum absolute atomic E-state index is 0.163. The first-order chi connectivity index (χ1) is 11.8. The molecule has 0 radical (unpaired) electrons. The van der Waals surface area contributed by atoms with Gasteiger partial charge in [-0.05, 0) is 24.3 Å². The number of aromatic amines is 1. The largest absolute Gasteiger partial charge is 0.485 e. The van der Waals surface area contributed by atoms with Crippen LogP contribution in [0.3, 0.4) is 0 Å². The molecule has 7 nitrogen and oxygen atoms in total. The number of benzene rings is 1. The molecular formula is C17H14N4O3. The fourth-order valence-corrected chi connectivity index (χ4v) is 2.40. The first-order valence-electron chi connectivity index (χ1n) is 7.44. The van der Waals surface area contributed by atoms with Crippen LogP contribution in [0.2, 0.25) is 0 Å². The molecule has 0 saturated heterocycles. The molecule has 0 saturated carbocycles. The first kappa shape index (κ1) is 14.3. The standard InChI is InChI=1S/C17H14N4O3/c22-17(15-10-23-13-3-1-2-4-14(13)24-15)21-16-6-5-11(7-18-16)12-8-19-20-9-12/h1-9,15H,10H2,(H,19,20)(H,18,21,22). The molecule has 3 heterocycles. The Labute approximate surface area is 137 Å². The minimum Gasteiger partial charge on any atom is -0.485 e. The van der Waals surface area contributed by atoms with Crippen LogP contribution in [0, 0.1) is 0 Å². The van der Waals surface area contributed by atoms with E-state index in [9.17, 15) is 4.79 Å². The monoisotopic (exact) mass is 322 g/mol. The smallest absolute Gasteiger partial charge is 0.270 e. The summed E-state index contributed by atoms with van der Waals surface area (Å²) < 4.78 is 11.2. The molecule has 1 atom stereocenters. The molecule has 0 aliphatic carbocycles. The highest BCUT2D eigenvalue weighted by Gasteiger charge is 2.27. The molecule has 2 N–H and O–H groups in total. The van der Waals surface area contributed by atoms with Crippen molar-refractivity contribution in [2.75, 3.05) is 11.9 Å². The number of rotatable bonds is 3. The van der Waals surface area contributed by atoms with E-state index in [4.69, 9.17) is 9.47 Å². The molecular weight excluding hydrogens is 308 g/mol. The Morgan fingerprint density at radius 2 is 2.00 bits per heavy atom. The van der Waals surface area contributed by atoms with Gasteiger partial charge in [-0.1, -0.05) is 12.1 Å². The van der Waals surface area contributed by atoms with Crippen molar-refractivity contribution in [3.8, 4) is 22.6 Å². The predicted octanol–water partition coefficient (Wildman–Crippen LogP) is 2.25. The lowest BCUT2D eigenvalue weighted by Crippen LogP contribution is -2.40. The maximum absolute atomic E-state index is 12.3. The van der Waals surface area contributed by atoms with E-state index in [2.05, 4.69) is 20.5 Å². The minimum atomic E-state index is -0.713. The summed E-state index contributed by atoms with van der Waals surface area (Å²) in [5.74, 6) is 1.36. The van der Waals surface area contributed by atoms with Gasteiger partial charge in [0.2, 0.25) is 6.10 Å². The second kappa shape index (κ2) is 6.04. The Hall–Kier alpha value is -3.35. The lowest BCUT2D eigenvalue weighted by Gasteiger charge is -2.25. The molecule has 3 aromatic rings. The summed E-state index contributed by atoms with van der Waals surface area (Å²) >= 11 is 0. The van der Waals surface area contributed by atoms with E-state index in [1.54, 1.807) is 36.8 Å². The van der Waals surface area contributed by atoms with Crippen molar-refractivity contribution in [2.45, 2.75) is 6.10 Å². The Morgan fingerprint density at radius 1 is 1.12 bits per heavy atom. The highest BCUT2D eigenvalue weighted by molar-refractivity contribution is 5.94. The number of fused-ring (bicyclic) bond motifs is 1. The maximum Gasteiger partial charge on any atom is 0.270 e. The average molecular weight is 322 g/mol. The number of para-hydroxylation sites is 2. The zero-order valence-corrected chi connectivity index (χ0v) is 12.6. The number of amides is 1. The topological polar surface area (TPSA) is 89.1 Å². The molecule has 4 rings (SSSR count). The van der Waals surface area contributed by atoms with Crippen molar-refractivity contribution in [3.63, 3.8) is 0 Å². The fraction of sp³-hybridized carbons (Fsp3) is 0.118. The van der Waals surface area contributed by atoms with E-state index < -0.39 is 6.10 Å². The first-order valence-corrected chi connectivity index (χ1v) is 7.44. The number of hydrogen-bond acceptors (Lipinski definition) is 5. The van der Waals surface area contributed by atoms with Crippen molar-refractivity contribution in [3.05, 3.63) is 55.0 Å².